The molecule has 2 aliphatic rings. The maximum atomic E-state index is 13.0. The van der Waals surface area contributed by atoms with Crippen LogP contribution in [0.3, 0.4) is 0 Å². The number of anilines is 2. The Morgan fingerprint density at radius 2 is 1.50 bits per heavy atom. The van der Waals surface area contributed by atoms with E-state index < -0.39 is 0 Å². The lowest BCUT2D eigenvalue weighted by molar-refractivity contribution is -0.123. The van der Waals surface area contributed by atoms with E-state index in [-0.39, 0.29) is 24.3 Å². The number of ether oxygens (including phenoxy) is 1. The second kappa shape index (κ2) is 8.08. The third-order valence-corrected chi connectivity index (χ3v) is 6.12. The van der Waals surface area contributed by atoms with Crippen molar-refractivity contribution in [3.63, 3.8) is 0 Å². The minimum atomic E-state index is -0.357. The fourth-order valence-electron chi connectivity index (χ4n) is 3.85. The Morgan fingerprint density at radius 3 is 2.11 bits per heavy atom. The highest BCUT2D eigenvalue weighted by Gasteiger charge is 2.43. The van der Waals surface area contributed by atoms with E-state index in [9.17, 15) is 9.59 Å². The van der Waals surface area contributed by atoms with Crippen molar-refractivity contribution in [1.82, 2.24) is 4.90 Å². The van der Waals surface area contributed by atoms with Crippen molar-refractivity contribution < 1.29 is 14.3 Å². The zero-order valence-electron chi connectivity index (χ0n) is 15.7. The molecule has 2 fully saturated rings. The maximum absolute atomic E-state index is 13.0. The minimum Gasteiger partial charge on any atom is -0.497 e. The van der Waals surface area contributed by atoms with Crippen LogP contribution >= 0.6 is 22.6 Å². The van der Waals surface area contributed by atoms with Crippen molar-refractivity contribution >= 4 is 45.8 Å². The summed E-state index contributed by atoms with van der Waals surface area (Å²) in [5.41, 5.74) is 1.81. The van der Waals surface area contributed by atoms with E-state index in [0.717, 1.165) is 41.2 Å². The molecular weight excluding hydrogens is 469 g/mol. The van der Waals surface area contributed by atoms with Gasteiger partial charge in [0.1, 0.15) is 5.75 Å². The van der Waals surface area contributed by atoms with Crippen LogP contribution < -0.4 is 14.5 Å². The Balaban J connectivity index is 1.41. The van der Waals surface area contributed by atoms with Crippen LogP contribution in [0.15, 0.2) is 48.5 Å². The van der Waals surface area contributed by atoms with Crippen LogP contribution in [0.5, 0.6) is 5.75 Å². The van der Waals surface area contributed by atoms with Crippen molar-refractivity contribution in [2.75, 3.05) is 43.1 Å². The van der Waals surface area contributed by atoms with E-state index in [1.807, 2.05) is 36.4 Å². The summed E-state index contributed by atoms with van der Waals surface area (Å²) < 4.78 is 6.29. The molecule has 0 bridgehead atoms. The lowest BCUT2D eigenvalue weighted by Crippen LogP contribution is -2.52. The number of methoxy groups -OCH3 is 1. The van der Waals surface area contributed by atoms with E-state index in [0.29, 0.717) is 5.69 Å². The highest BCUT2D eigenvalue weighted by atomic mass is 127. The summed E-state index contributed by atoms with van der Waals surface area (Å²) in [6, 6.07) is 15.2. The number of imide groups is 1. The fraction of sp³-hybridized carbons (Fsp3) is 0.333. The monoisotopic (exact) mass is 491 g/mol. The van der Waals surface area contributed by atoms with Gasteiger partial charge in [-0.2, -0.15) is 0 Å². The molecule has 0 spiro atoms. The molecule has 2 heterocycles. The molecule has 6 nitrogen and oxygen atoms in total. The van der Waals surface area contributed by atoms with E-state index >= 15 is 0 Å². The highest BCUT2D eigenvalue weighted by Crippen LogP contribution is 2.28. The van der Waals surface area contributed by atoms with Gasteiger partial charge in [0.25, 0.3) is 5.91 Å². The number of piperazine rings is 1. The number of hydrogen-bond acceptors (Lipinski definition) is 5. The van der Waals surface area contributed by atoms with Gasteiger partial charge in [0.2, 0.25) is 5.91 Å². The first-order chi connectivity index (χ1) is 13.6. The lowest BCUT2D eigenvalue weighted by atomic mass is 10.1. The normalized spacial score (nSPS) is 20.7. The molecule has 0 aliphatic carbocycles. The SMILES string of the molecule is COc1ccc(N2CCN([C@H]3CC(=O)N(c4ccc(I)cc4)C3=O)CC2)cc1. The average Bonchev–Trinajstić information content (AvgIpc) is 3.03. The molecule has 2 saturated heterocycles. The molecular formula is C21H22IN3O3. The number of amides is 2. The molecule has 0 unspecified atom stereocenters. The Morgan fingerprint density at radius 1 is 0.893 bits per heavy atom. The van der Waals surface area contributed by atoms with Crippen LogP contribution in [0.25, 0.3) is 0 Å². The van der Waals surface area contributed by atoms with Crippen molar-refractivity contribution in [3.8, 4) is 5.75 Å². The predicted molar refractivity (Wildman–Crippen MR) is 117 cm³/mol. The summed E-state index contributed by atoms with van der Waals surface area (Å²) in [6.07, 6.45) is 0.257. The fourth-order valence-corrected chi connectivity index (χ4v) is 4.21. The van der Waals surface area contributed by atoms with Crippen molar-refractivity contribution in [1.29, 1.82) is 0 Å². The van der Waals surface area contributed by atoms with Crippen LogP contribution in [0.4, 0.5) is 11.4 Å². The smallest absolute Gasteiger partial charge is 0.251 e. The average molecular weight is 491 g/mol. The zero-order chi connectivity index (χ0) is 19.7. The lowest BCUT2D eigenvalue weighted by Gasteiger charge is -2.38. The second-order valence-electron chi connectivity index (χ2n) is 6.98. The number of nitrogens with zero attached hydrogens (tertiary/aromatic N) is 3. The molecule has 0 N–H and O–H groups in total. The second-order valence-corrected chi connectivity index (χ2v) is 8.23. The topological polar surface area (TPSA) is 53.1 Å². The van der Waals surface area contributed by atoms with Crippen LogP contribution in [0, 0.1) is 3.57 Å². The predicted octanol–water partition coefficient (Wildman–Crippen LogP) is 2.75. The van der Waals surface area contributed by atoms with Gasteiger partial charge in [-0.1, -0.05) is 0 Å². The van der Waals surface area contributed by atoms with Gasteiger partial charge in [-0.15, -0.1) is 0 Å². The molecule has 146 valence electrons. The Bertz CT molecular complexity index is 861. The standard InChI is InChI=1S/C21H22IN3O3/c1-28-18-8-6-16(7-9-18)23-10-12-24(13-11-23)19-14-20(26)25(21(19)27)17-4-2-15(22)3-5-17/h2-9,19H,10-14H2,1H3/t19-/m0/s1. The van der Waals surface area contributed by atoms with Crippen LogP contribution in [0.2, 0.25) is 0 Å². The van der Waals surface area contributed by atoms with Crippen LogP contribution in [-0.4, -0.2) is 56.0 Å². The first-order valence-corrected chi connectivity index (χ1v) is 10.4. The third kappa shape index (κ3) is 3.73. The third-order valence-electron chi connectivity index (χ3n) is 5.40. The van der Waals surface area contributed by atoms with Gasteiger partial charge < -0.3 is 9.64 Å². The van der Waals surface area contributed by atoms with Gasteiger partial charge in [-0.05, 0) is 71.1 Å². The molecule has 0 saturated carbocycles. The number of rotatable bonds is 4. The Labute approximate surface area is 178 Å². The van der Waals surface area contributed by atoms with Crippen molar-refractivity contribution in [2.45, 2.75) is 12.5 Å². The molecule has 28 heavy (non-hydrogen) atoms. The molecule has 7 heteroatoms. The quantitative estimate of drug-likeness (QED) is 0.487. The summed E-state index contributed by atoms with van der Waals surface area (Å²) in [6.45, 7) is 3.17. The summed E-state index contributed by atoms with van der Waals surface area (Å²) in [5.74, 6) is 0.617. The number of carbonyl (C=O) groups is 2. The van der Waals surface area contributed by atoms with Crippen molar-refractivity contribution in [3.05, 3.63) is 52.1 Å². The number of benzene rings is 2. The largest absolute Gasteiger partial charge is 0.497 e. The summed E-state index contributed by atoms with van der Waals surface area (Å²) in [4.78, 5) is 31.3. The molecule has 4 rings (SSSR count). The maximum Gasteiger partial charge on any atom is 0.251 e. The minimum absolute atomic E-state index is 0.107. The number of carbonyl (C=O) groups excluding carboxylic acids is 2. The van der Waals surface area contributed by atoms with Gasteiger partial charge in [0.15, 0.2) is 0 Å². The Kier molecular flexibility index (Phi) is 5.54. The first kappa shape index (κ1) is 19.2. The molecule has 2 amide bonds. The van der Waals surface area contributed by atoms with Crippen molar-refractivity contribution in [2.24, 2.45) is 0 Å². The number of halogens is 1. The van der Waals surface area contributed by atoms with E-state index in [4.69, 9.17) is 4.74 Å². The molecule has 2 aromatic rings. The molecule has 2 aromatic carbocycles. The highest BCUT2D eigenvalue weighted by molar-refractivity contribution is 14.1. The van der Waals surface area contributed by atoms with Crippen LogP contribution in [-0.2, 0) is 9.59 Å². The summed E-state index contributed by atoms with van der Waals surface area (Å²) in [7, 11) is 1.66. The van der Waals surface area contributed by atoms with E-state index in [2.05, 4.69) is 44.5 Å². The zero-order valence-corrected chi connectivity index (χ0v) is 17.8. The van der Waals surface area contributed by atoms with Gasteiger partial charge in [-0.3, -0.25) is 14.5 Å². The first-order valence-electron chi connectivity index (χ1n) is 9.32. The van der Waals surface area contributed by atoms with Gasteiger partial charge in [0.05, 0.1) is 25.3 Å². The number of hydrogen-bond donors (Lipinski definition) is 0. The molecule has 2 aliphatic heterocycles. The van der Waals surface area contributed by atoms with Gasteiger partial charge >= 0.3 is 0 Å². The summed E-state index contributed by atoms with van der Waals surface area (Å²) >= 11 is 2.21. The summed E-state index contributed by atoms with van der Waals surface area (Å²) in [5, 5.41) is 0. The van der Waals surface area contributed by atoms with E-state index in [1.54, 1.807) is 7.11 Å². The Hall–Kier alpha value is -2.13. The molecule has 1 atom stereocenters. The molecule has 0 aromatic heterocycles. The van der Waals surface area contributed by atoms with Gasteiger partial charge in [0, 0.05) is 35.4 Å². The van der Waals surface area contributed by atoms with Gasteiger partial charge in [-0.25, -0.2) is 4.90 Å². The molecule has 0 radical (unpaired) electrons. The van der Waals surface area contributed by atoms with E-state index in [1.165, 1.54) is 4.90 Å². The van der Waals surface area contributed by atoms with Crippen LogP contribution in [0.1, 0.15) is 6.42 Å².